The van der Waals surface area contributed by atoms with E-state index in [0.29, 0.717) is 5.92 Å². The number of hydrogen-bond acceptors (Lipinski definition) is 6. The van der Waals surface area contributed by atoms with Crippen LogP contribution in [0, 0.1) is 5.92 Å². The van der Waals surface area contributed by atoms with Gasteiger partial charge in [-0.15, -0.1) is 0 Å². The predicted octanol–water partition coefficient (Wildman–Crippen LogP) is 4.32. The summed E-state index contributed by atoms with van der Waals surface area (Å²) < 4.78 is 25.2. The first-order valence-electron chi connectivity index (χ1n) is 9.54. The van der Waals surface area contributed by atoms with Crippen molar-refractivity contribution in [2.45, 2.75) is 94.1 Å². The van der Waals surface area contributed by atoms with Crippen molar-refractivity contribution in [2.75, 3.05) is 0 Å². The van der Waals surface area contributed by atoms with Crippen LogP contribution in [0.3, 0.4) is 0 Å². The molecule has 3 aliphatic heterocycles. The summed E-state index contributed by atoms with van der Waals surface area (Å²) in [4.78, 5) is 0. The average molecular weight is 414 g/mol. The standard InChI is InChI=1S/C18H28BO4PS2/c1-6-18-11(4)20-14(16(19)21-18)15(18)23-24(25)22-13-9-12(10(2)3)7-8-17(13,5)26-24/h11-16H,2,6-9H2,1,3-5H3/t11-,12-,13+,14+,15-,16+,17+,18-,24-/m0/s1. The van der Waals surface area contributed by atoms with Crippen LogP contribution in [0.1, 0.15) is 53.4 Å². The van der Waals surface area contributed by atoms with E-state index in [4.69, 9.17) is 38.2 Å². The van der Waals surface area contributed by atoms with E-state index in [9.17, 15) is 0 Å². The van der Waals surface area contributed by atoms with Gasteiger partial charge in [-0.2, -0.15) is 0 Å². The molecule has 1 aliphatic carbocycles. The molecule has 0 aromatic heterocycles. The van der Waals surface area contributed by atoms with Gasteiger partial charge in [-0.1, -0.05) is 30.5 Å². The molecule has 2 radical (unpaired) electrons. The molecule has 4 aliphatic rings. The van der Waals surface area contributed by atoms with Crippen LogP contribution in [0.25, 0.3) is 0 Å². The monoisotopic (exact) mass is 414 g/mol. The Morgan fingerprint density at radius 1 is 1.50 bits per heavy atom. The van der Waals surface area contributed by atoms with Crippen LogP contribution < -0.4 is 0 Å². The van der Waals surface area contributed by atoms with Gasteiger partial charge < -0.3 is 18.5 Å². The van der Waals surface area contributed by atoms with E-state index in [2.05, 4.69) is 27.4 Å². The Morgan fingerprint density at radius 3 is 2.88 bits per heavy atom. The maximum atomic E-state index is 6.55. The minimum Gasteiger partial charge on any atom is -0.373 e. The lowest BCUT2D eigenvalue weighted by atomic mass is 9.77. The molecule has 1 saturated carbocycles. The molecule has 0 amide bonds. The Morgan fingerprint density at radius 2 is 2.23 bits per heavy atom. The lowest BCUT2D eigenvalue weighted by molar-refractivity contribution is -0.157. The first-order valence-corrected chi connectivity index (χ1v) is 13.6. The summed E-state index contributed by atoms with van der Waals surface area (Å²) in [6.07, 6.45) is 3.53. The van der Waals surface area contributed by atoms with Crippen molar-refractivity contribution in [3.05, 3.63) is 12.2 Å². The molecular weight excluding hydrogens is 386 g/mol. The van der Waals surface area contributed by atoms with E-state index < -0.39 is 17.3 Å². The highest BCUT2D eigenvalue weighted by Gasteiger charge is 2.66. The van der Waals surface area contributed by atoms with E-state index in [1.54, 1.807) is 11.4 Å². The second kappa shape index (κ2) is 6.58. The average Bonchev–Trinajstić information content (AvgIpc) is 3.08. The minimum absolute atomic E-state index is 0.0218. The van der Waals surface area contributed by atoms with E-state index in [1.165, 1.54) is 5.57 Å². The summed E-state index contributed by atoms with van der Waals surface area (Å²) in [5, 5.41) is 0. The van der Waals surface area contributed by atoms with Crippen molar-refractivity contribution in [1.82, 2.24) is 0 Å². The van der Waals surface area contributed by atoms with E-state index >= 15 is 0 Å². The van der Waals surface area contributed by atoms with Crippen molar-refractivity contribution < 1.29 is 18.5 Å². The minimum atomic E-state index is -2.49. The van der Waals surface area contributed by atoms with Crippen LogP contribution >= 0.6 is 17.1 Å². The van der Waals surface area contributed by atoms with Crippen molar-refractivity contribution in [3.63, 3.8) is 0 Å². The molecule has 0 aromatic rings. The second-order valence-electron chi connectivity index (χ2n) is 8.42. The fraction of sp³-hybridized carbons (Fsp3) is 0.889. The van der Waals surface area contributed by atoms with Crippen molar-refractivity contribution in [1.29, 1.82) is 0 Å². The normalized spacial score (nSPS) is 55.8. The molecule has 0 spiro atoms. The molecule has 0 unspecified atom stereocenters. The number of fused-ring (bicyclic) bond motifs is 3. The number of rotatable bonds is 4. The third-order valence-corrected chi connectivity index (χ3v) is 12.5. The van der Waals surface area contributed by atoms with Gasteiger partial charge in [0.05, 0.1) is 12.2 Å². The summed E-state index contributed by atoms with van der Waals surface area (Å²) in [6.45, 7) is 12.6. The highest BCUT2D eigenvalue weighted by molar-refractivity contribution is 8.68. The Balaban J connectivity index is 1.54. The van der Waals surface area contributed by atoms with Gasteiger partial charge in [0.2, 0.25) is 5.69 Å². The Labute approximate surface area is 167 Å². The second-order valence-corrected chi connectivity index (χ2v) is 15.0. The molecule has 144 valence electrons. The van der Waals surface area contributed by atoms with Crippen LogP contribution in [-0.2, 0) is 30.3 Å². The zero-order chi connectivity index (χ0) is 18.9. The summed E-state index contributed by atoms with van der Waals surface area (Å²) in [5.74, 6) is 0.514. The lowest BCUT2D eigenvalue weighted by Crippen LogP contribution is -2.46. The quantitative estimate of drug-likeness (QED) is 0.388. The Kier molecular flexibility index (Phi) is 5.05. The molecule has 8 heteroatoms. The molecule has 0 N–H and O–H groups in total. The first kappa shape index (κ1) is 19.9. The fourth-order valence-corrected chi connectivity index (χ4v) is 12.5. The predicted molar refractivity (Wildman–Crippen MR) is 110 cm³/mol. The van der Waals surface area contributed by atoms with Crippen LogP contribution in [0.5, 0.6) is 0 Å². The maximum absolute atomic E-state index is 6.55. The molecule has 9 atom stereocenters. The zero-order valence-corrected chi connectivity index (χ0v) is 18.5. The smallest absolute Gasteiger partial charge is 0.248 e. The van der Waals surface area contributed by atoms with Crippen molar-refractivity contribution >= 4 is 36.7 Å². The van der Waals surface area contributed by atoms with E-state index in [0.717, 1.165) is 25.7 Å². The van der Waals surface area contributed by atoms with Crippen molar-refractivity contribution in [3.8, 4) is 0 Å². The Bertz CT molecular complexity index is 663. The van der Waals surface area contributed by atoms with E-state index in [1.807, 2.05) is 6.92 Å². The van der Waals surface area contributed by atoms with Gasteiger partial charge in [0, 0.05) is 10.8 Å². The summed E-state index contributed by atoms with van der Waals surface area (Å²) >= 11 is 7.70. The molecule has 3 saturated heterocycles. The topological polar surface area (TPSA) is 36.9 Å². The fourth-order valence-electron chi connectivity index (χ4n) is 4.96. The van der Waals surface area contributed by atoms with Gasteiger partial charge in [-0.3, -0.25) is 0 Å². The van der Waals surface area contributed by atoms with Gasteiger partial charge in [-0.25, -0.2) is 0 Å². The Hall–Kier alpha value is 0.645. The third kappa shape index (κ3) is 2.92. The molecular formula is C18H28BO4PS2. The molecule has 4 fully saturated rings. The highest BCUT2D eigenvalue weighted by Crippen LogP contribution is 2.77. The van der Waals surface area contributed by atoms with Gasteiger partial charge in [0.1, 0.15) is 25.7 Å². The van der Waals surface area contributed by atoms with Crippen LogP contribution in [0.15, 0.2) is 12.2 Å². The SMILES string of the molecule is [B][C@@H]1O[C@@]2(CC)[C@H](C)O[C@@H]1[C@@H]2O[P@]1(=S)O[C@@H]2C[C@@H](C(=C)C)CC[C@@]2(C)S1. The van der Waals surface area contributed by atoms with Crippen molar-refractivity contribution in [2.24, 2.45) is 5.92 Å². The molecule has 4 nitrogen and oxygen atoms in total. The summed E-state index contributed by atoms with van der Waals surface area (Å²) in [6, 6.07) is -0.462. The van der Waals surface area contributed by atoms with E-state index in [-0.39, 0.29) is 29.2 Å². The first-order chi connectivity index (χ1) is 12.1. The van der Waals surface area contributed by atoms with Gasteiger partial charge >= 0.3 is 0 Å². The highest BCUT2D eigenvalue weighted by atomic mass is 32.9. The molecule has 26 heavy (non-hydrogen) atoms. The van der Waals surface area contributed by atoms with Gasteiger partial charge in [0.25, 0.3) is 0 Å². The number of allylic oxidation sites excluding steroid dienone is 1. The van der Waals surface area contributed by atoms with Crippen LogP contribution in [0.2, 0.25) is 0 Å². The molecule has 0 aromatic carbocycles. The van der Waals surface area contributed by atoms with Gasteiger partial charge in [0.15, 0.2) is 0 Å². The molecule has 3 heterocycles. The number of ether oxygens (including phenoxy) is 2. The zero-order valence-electron chi connectivity index (χ0n) is 16.0. The lowest BCUT2D eigenvalue weighted by Gasteiger charge is -2.37. The number of hydrogen-bond donors (Lipinski definition) is 0. The molecule has 4 rings (SSSR count). The largest absolute Gasteiger partial charge is 0.373 e. The van der Waals surface area contributed by atoms with Crippen LogP contribution in [-0.4, -0.2) is 48.6 Å². The van der Waals surface area contributed by atoms with Gasteiger partial charge in [-0.05, 0) is 64.2 Å². The summed E-state index contributed by atoms with van der Waals surface area (Å²) in [7, 11) is 6.14. The van der Waals surface area contributed by atoms with Crippen LogP contribution in [0.4, 0.5) is 0 Å². The summed E-state index contributed by atoms with van der Waals surface area (Å²) in [5.41, 5.74) is -1.77. The molecule has 2 bridgehead atoms. The maximum Gasteiger partial charge on any atom is 0.248 e. The third-order valence-electron chi connectivity index (χ3n) is 6.75.